The van der Waals surface area contributed by atoms with Crippen LogP contribution < -0.4 is 10.1 Å². The van der Waals surface area contributed by atoms with Gasteiger partial charge in [-0.25, -0.2) is 4.39 Å². The fraction of sp³-hybridized carbons (Fsp3) is 0.368. The Morgan fingerprint density at radius 3 is 2.96 bits per heavy atom. The molecule has 0 radical (unpaired) electrons. The number of carbonyl (C=O) groups excluding carboxylic acids is 1. The maximum absolute atomic E-state index is 13.3. The van der Waals surface area contributed by atoms with E-state index in [9.17, 15) is 9.18 Å². The summed E-state index contributed by atoms with van der Waals surface area (Å²) in [6.45, 7) is 3.50. The smallest absolute Gasteiger partial charge is 0.262 e. The fourth-order valence-electron chi connectivity index (χ4n) is 2.73. The van der Waals surface area contributed by atoms with Gasteiger partial charge in [-0.1, -0.05) is 18.2 Å². The van der Waals surface area contributed by atoms with Crippen molar-refractivity contribution >= 4 is 17.5 Å². The van der Waals surface area contributed by atoms with E-state index in [0.717, 1.165) is 18.9 Å². The van der Waals surface area contributed by atoms with Crippen molar-refractivity contribution < 1.29 is 18.3 Å². The molecule has 146 valence electrons. The molecular weight excluding hydrogens is 387 g/mol. The third kappa shape index (κ3) is 5.08. The second-order valence-electron chi connectivity index (χ2n) is 6.54. The van der Waals surface area contributed by atoms with E-state index in [1.54, 1.807) is 0 Å². The summed E-state index contributed by atoms with van der Waals surface area (Å²) < 4.78 is 24.2. The molecule has 9 heteroatoms. The normalized spacial score (nSPS) is 18.0. The van der Waals surface area contributed by atoms with E-state index >= 15 is 0 Å². The predicted octanol–water partition coefficient (Wildman–Crippen LogP) is 3.52. The molecule has 0 bridgehead atoms. The zero-order chi connectivity index (χ0) is 20.1. The minimum absolute atomic E-state index is 0.0171. The number of benzene rings is 1. The van der Waals surface area contributed by atoms with Crippen LogP contribution in [0.5, 0.6) is 5.75 Å². The molecule has 1 N–H and O–H groups in total. The quantitative estimate of drug-likeness (QED) is 0.722. The third-order valence-corrected chi connectivity index (χ3v) is 4.68. The Morgan fingerprint density at radius 1 is 1.46 bits per heavy atom. The van der Waals surface area contributed by atoms with Crippen LogP contribution in [0.4, 0.5) is 4.39 Å². The molecule has 1 amide bonds. The van der Waals surface area contributed by atoms with Gasteiger partial charge < -0.3 is 14.5 Å². The van der Waals surface area contributed by atoms with E-state index in [0.29, 0.717) is 30.3 Å². The first-order valence-corrected chi connectivity index (χ1v) is 9.09. The molecule has 1 aliphatic rings. The van der Waals surface area contributed by atoms with E-state index in [4.69, 9.17) is 26.0 Å². The Kier molecular flexibility index (Phi) is 6.26. The number of allylic oxidation sites excluding steroid dienone is 1. The summed E-state index contributed by atoms with van der Waals surface area (Å²) in [5, 5.41) is 19.4. The van der Waals surface area contributed by atoms with Crippen LogP contribution in [0.15, 0.2) is 34.9 Å². The summed E-state index contributed by atoms with van der Waals surface area (Å²) in [6, 6.07) is 6.15. The van der Waals surface area contributed by atoms with Gasteiger partial charge >= 0.3 is 0 Å². The minimum atomic E-state index is -0.618. The number of aryl methyl sites for hydroxylation is 1. The Balaban J connectivity index is 1.38. The van der Waals surface area contributed by atoms with Gasteiger partial charge in [0, 0.05) is 30.0 Å². The van der Waals surface area contributed by atoms with Crippen LogP contribution in [0.2, 0.25) is 5.02 Å². The molecule has 0 atom stereocenters. The lowest BCUT2D eigenvalue weighted by Gasteiger charge is -2.26. The van der Waals surface area contributed by atoms with Crippen LogP contribution >= 0.6 is 11.6 Å². The maximum Gasteiger partial charge on any atom is 0.262 e. The molecule has 1 heterocycles. The highest BCUT2D eigenvalue weighted by Crippen LogP contribution is 2.40. The molecule has 1 fully saturated rings. The van der Waals surface area contributed by atoms with Gasteiger partial charge in [0.15, 0.2) is 6.61 Å². The van der Waals surface area contributed by atoms with Gasteiger partial charge in [0.05, 0.1) is 11.1 Å². The van der Waals surface area contributed by atoms with Gasteiger partial charge in [0.1, 0.15) is 11.6 Å². The first-order valence-electron chi connectivity index (χ1n) is 8.72. The molecule has 28 heavy (non-hydrogen) atoms. The first-order chi connectivity index (χ1) is 13.4. The number of amides is 1. The zero-order valence-corrected chi connectivity index (χ0v) is 15.7. The molecule has 1 aromatic carbocycles. The van der Waals surface area contributed by atoms with Crippen molar-refractivity contribution in [1.29, 1.82) is 5.26 Å². The average molecular weight is 405 g/mol. The highest BCUT2D eigenvalue weighted by molar-refractivity contribution is 6.30. The van der Waals surface area contributed by atoms with Crippen LogP contribution in [-0.2, 0) is 11.2 Å². The number of halogens is 2. The SMILES string of the molecule is C=C(CCc1nnc([C@H]2C[C@H](C#N)C2)o1)NC(=O)COc1ccc(Cl)c(F)c1. The first kappa shape index (κ1) is 19.8. The second kappa shape index (κ2) is 8.85. The summed E-state index contributed by atoms with van der Waals surface area (Å²) in [6.07, 6.45) is 2.36. The lowest BCUT2D eigenvalue weighted by atomic mass is 9.76. The summed E-state index contributed by atoms with van der Waals surface area (Å²) >= 11 is 5.59. The van der Waals surface area contributed by atoms with Crippen LogP contribution in [0.1, 0.15) is 37.0 Å². The molecule has 0 unspecified atom stereocenters. The van der Waals surface area contributed by atoms with Crippen molar-refractivity contribution in [1.82, 2.24) is 15.5 Å². The largest absolute Gasteiger partial charge is 0.484 e. The van der Waals surface area contributed by atoms with Gasteiger partial charge in [-0.2, -0.15) is 5.26 Å². The number of rotatable bonds is 8. The Hall–Kier alpha value is -2.92. The van der Waals surface area contributed by atoms with Crippen molar-refractivity contribution in [3.05, 3.63) is 53.1 Å². The van der Waals surface area contributed by atoms with E-state index in [2.05, 4.69) is 28.2 Å². The standard InChI is InChI=1S/C19H18ClFN4O3/c1-11(23-17(26)10-27-14-3-4-15(20)16(21)8-14)2-5-18-24-25-19(28-18)13-6-12(7-13)9-22/h3-4,8,12-13H,1-2,5-7,10H2,(H,23,26)/t12-,13-. The van der Waals surface area contributed by atoms with Crippen LogP contribution in [0.3, 0.4) is 0 Å². The fourth-order valence-corrected chi connectivity index (χ4v) is 2.84. The molecule has 2 aromatic rings. The number of hydrogen-bond donors (Lipinski definition) is 1. The average Bonchev–Trinajstić information content (AvgIpc) is 3.09. The van der Waals surface area contributed by atoms with Crippen molar-refractivity contribution in [2.45, 2.75) is 31.6 Å². The Morgan fingerprint density at radius 2 is 2.25 bits per heavy atom. The molecule has 0 spiro atoms. The number of aromatic nitrogens is 2. The topological polar surface area (TPSA) is 101 Å². The molecule has 0 aliphatic heterocycles. The van der Waals surface area contributed by atoms with Gasteiger partial charge in [-0.05, 0) is 31.4 Å². The summed E-state index contributed by atoms with van der Waals surface area (Å²) in [7, 11) is 0. The molecule has 1 aromatic heterocycles. The van der Waals surface area contributed by atoms with E-state index in [1.165, 1.54) is 12.1 Å². The van der Waals surface area contributed by atoms with E-state index in [1.807, 2.05) is 0 Å². The molecule has 3 rings (SSSR count). The van der Waals surface area contributed by atoms with Gasteiger partial charge in [-0.3, -0.25) is 4.79 Å². The molecule has 0 saturated heterocycles. The van der Waals surface area contributed by atoms with Crippen molar-refractivity contribution in [2.75, 3.05) is 6.61 Å². The monoisotopic (exact) mass is 404 g/mol. The van der Waals surface area contributed by atoms with Crippen molar-refractivity contribution in [2.24, 2.45) is 5.92 Å². The number of nitrogens with one attached hydrogen (secondary N) is 1. The minimum Gasteiger partial charge on any atom is -0.484 e. The van der Waals surface area contributed by atoms with E-state index < -0.39 is 11.7 Å². The number of ether oxygens (including phenoxy) is 1. The van der Waals surface area contributed by atoms with Gasteiger partial charge in [0.25, 0.3) is 5.91 Å². The molecule has 1 aliphatic carbocycles. The maximum atomic E-state index is 13.3. The number of hydrogen-bond acceptors (Lipinski definition) is 6. The molecular formula is C19H18ClFN4O3. The second-order valence-corrected chi connectivity index (χ2v) is 6.95. The van der Waals surface area contributed by atoms with Crippen molar-refractivity contribution in [3.8, 4) is 11.8 Å². The van der Waals surface area contributed by atoms with Crippen molar-refractivity contribution in [3.63, 3.8) is 0 Å². The van der Waals surface area contributed by atoms with Crippen LogP contribution in [0, 0.1) is 23.1 Å². The highest BCUT2D eigenvalue weighted by Gasteiger charge is 2.34. The van der Waals surface area contributed by atoms with E-state index in [-0.39, 0.29) is 29.2 Å². The van der Waals surface area contributed by atoms with Crippen LogP contribution in [0.25, 0.3) is 0 Å². The van der Waals surface area contributed by atoms with Gasteiger partial charge in [-0.15, -0.1) is 10.2 Å². The summed E-state index contributed by atoms with van der Waals surface area (Å²) in [4.78, 5) is 11.9. The van der Waals surface area contributed by atoms with Gasteiger partial charge in [0.2, 0.25) is 11.8 Å². The number of nitrogens with zero attached hydrogens (tertiary/aromatic N) is 3. The number of carbonyl (C=O) groups is 1. The lowest BCUT2D eigenvalue weighted by Crippen LogP contribution is -2.28. The van der Waals surface area contributed by atoms with Crippen LogP contribution in [-0.4, -0.2) is 22.7 Å². The molecule has 1 saturated carbocycles. The highest BCUT2D eigenvalue weighted by atomic mass is 35.5. The zero-order valence-electron chi connectivity index (χ0n) is 15.0. The lowest BCUT2D eigenvalue weighted by molar-refractivity contribution is -0.122. The predicted molar refractivity (Wildman–Crippen MR) is 97.9 cm³/mol. The summed E-state index contributed by atoms with van der Waals surface area (Å²) in [5.41, 5.74) is 0.476. The molecule has 7 nitrogen and oxygen atoms in total. The third-order valence-electron chi connectivity index (χ3n) is 4.37. The Labute approximate surface area is 166 Å². The summed E-state index contributed by atoms with van der Waals surface area (Å²) in [5.74, 6) is 0.413. The Bertz CT molecular complexity index is 918. The number of nitriles is 1.